The first-order valence-corrected chi connectivity index (χ1v) is 5.34. The van der Waals surface area contributed by atoms with Gasteiger partial charge in [0.2, 0.25) is 0 Å². The quantitative estimate of drug-likeness (QED) is 0.614. The normalized spacial score (nSPS) is 24.1. The summed E-state index contributed by atoms with van der Waals surface area (Å²) in [7, 11) is 3.90. The van der Waals surface area contributed by atoms with Gasteiger partial charge in [-0.3, -0.25) is 4.90 Å². The third-order valence-electron chi connectivity index (χ3n) is 2.42. The molecule has 0 bridgehead atoms. The topological polar surface area (TPSA) is 32.8 Å². The molecule has 0 saturated carbocycles. The minimum atomic E-state index is -0.415. The molecule has 0 aliphatic carbocycles. The Kier molecular flexibility index (Phi) is 3.60. The van der Waals surface area contributed by atoms with Crippen molar-refractivity contribution in [1.29, 1.82) is 0 Å². The summed E-state index contributed by atoms with van der Waals surface area (Å²) in [6.07, 6.45) is -0.220. The third-order valence-corrected chi connectivity index (χ3v) is 2.42. The summed E-state index contributed by atoms with van der Waals surface area (Å²) in [5, 5.41) is 0. The number of hydrogen-bond donors (Lipinski definition) is 0. The number of hydrogen-bond acceptors (Lipinski definition) is 3. The number of amides is 1. The second-order valence-corrected chi connectivity index (χ2v) is 5.09. The van der Waals surface area contributed by atoms with Crippen molar-refractivity contribution in [2.24, 2.45) is 0 Å². The van der Waals surface area contributed by atoms with Gasteiger partial charge in [-0.1, -0.05) is 0 Å². The van der Waals surface area contributed by atoms with E-state index in [0.29, 0.717) is 19.1 Å². The van der Waals surface area contributed by atoms with Crippen molar-refractivity contribution in [1.82, 2.24) is 9.80 Å². The summed E-state index contributed by atoms with van der Waals surface area (Å²) in [6.45, 7) is 9.90. The summed E-state index contributed by atoms with van der Waals surface area (Å²) in [5.74, 6) is 0. The molecular weight excluding hydrogens is 192 g/mol. The van der Waals surface area contributed by atoms with Gasteiger partial charge in [-0.15, -0.1) is 0 Å². The van der Waals surface area contributed by atoms with Gasteiger partial charge in [0.25, 0.3) is 0 Å². The van der Waals surface area contributed by atoms with E-state index in [-0.39, 0.29) is 6.09 Å². The molecule has 1 rings (SSSR count). The Labute approximate surface area is 92.2 Å². The van der Waals surface area contributed by atoms with Crippen molar-refractivity contribution in [3.8, 4) is 0 Å². The maximum atomic E-state index is 11.7. The monoisotopic (exact) mass is 213 g/mol. The molecule has 1 heterocycles. The van der Waals surface area contributed by atoms with Crippen LogP contribution in [0.15, 0.2) is 0 Å². The highest BCUT2D eigenvalue weighted by Gasteiger charge is 2.27. The molecule has 15 heavy (non-hydrogen) atoms. The van der Waals surface area contributed by atoms with Gasteiger partial charge >= 0.3 is 6.09 Å². The zero-order valence-corrected chi connectivity index (χ0v) is 10.1. The van der Waals surface area contributed by atoms with Crippen LogP contribution in [0.25, 0.3) is 0 Å². The van der Waals surface area contributed by atoms with E-state index in [0.717, 1.165) is 6.54 Å². The molecule has 0 unspecified atom stereocenters. The second-order valence-electron chi connectivity index (χ2n) is 5.09. The average Bonchev–Trinajstić information content (AvgIpc) is 2.06. The fraction of sp³-hybridized carbons (Fsp3) is 0.818. The summed E-state index contributed by atoms with van der Waals surface area (Å²) >= 11 is 0. The Morgan fingerprint density at radius 2 is 2.00 bits per heavy atom. The Morgan fingerprint density at radius 3 is 2.47 bits per heavy atom. The van der Waals surface area contributed by atoms with Crippen LogP contribution in [0, 0.1) is 7.05 Å². The highest BCUT2D eigenvalue weighted by atomic mass is 16.6. The van der Waals surface area contributed by atoms with Crippen molar-refractivity contribution in [3.63, 3.8) is 0 Å². The van der Waals surface area contributed by atoms with Crippen LogP contribution in [-0.2, 0) is 4.74 Å². The molecule has 0 spiro atoms. The highest BCUT2D eigenvalue weighted by molar-refractivity contribution is 5.68. The molecular formula is C11H21N2O2. The molecule has 1 radical (unpaired) electrons. The predicted octanol–water partition coefficient (Wildman–Crippen LogP) is 1.72. The van der Waals surface area contributed by atoms with E-state index in [4.69, 9.17) is 4.74 Å². The highest BCUT2D eigenvalue weighted by Crippen LogP contribution is 2.13. The Hall–Kier alpha value is -0.770. The SMILES string of the molecule is [CH2]N1CCN(C(=O)OC(C)(C)C)C[C@@H]1C. The molecule has 1 saturated heterocycles. The Balaban J connectivity index is 2.48. The van der Waals surface area contributed by atoms with Crippen molar-refractivity contribution in [3.05, 3.63) is 7.05 Å². The first-order chi connectivity index (χ1) is 6.79. The molecule has 0 aromatic heterocycles. The number of nitrogens with zero attached hydrogens (tertiary/aromatic N) is 2. The van der Waals surface area contributed by atoms with Crippen LogP contribution in [0.5, 0.6) is 0 Å². The largest absolute Gasteiger partial charge is 0.444 e. The zero-order valence-electron chi connectivity index (χ0n) is 10.1. The van der Waals surface area contributed by atoms with E-state index in [9.17, 15) is 4.79 Å². The first kappa shape index (κ1) is 12.3. The van der Waals surface area contributed by atoms with Crippen molar-refractivity contribution in [2.45, 2.75) is 39.3 Å². The van der Waals surface area contributed by atoms with Crippen LogP contribution < -0.4 is 0 Å². The lowest BCUT2D eigenvalue weighted by Gasteiger charge is -2.38. The fourth-order valence-corrected chi connectivity index (χ4v) is 1.49. The number of ether oxygens (including phenoxy) is 1. The molecule has 1 atom stereocenters. The number of rotatable bonds is 0. The summed E-state index contributed by atoms with van der Waals surface area (Å²) < 4.78 is 5.31. The van der Waals surface area contributed by atoms with E-state index in [2.05, 4.69) is 14.0 Å². The molecule has 1 aliphatic rings. The maximum absolute atomic E-state index is 11.7. The zero-order chi connectivity index (χ0) is 11.6. The van der Waals surface area contributed by atoms with E-state index in [1.165, 1.54) is 0 Å². The van der Waals surface area contributed by atoms with Gasteiger partial charge in [0.1, 0.15) is 5.60 Å². The van der Waals surface area contributed by atoms with Gasteiger partial charge in [0.05, 0.1) is 0 Å². The van der Waals surface area contributed by atoms with E-state index in [1.807, 2.05) is 25.7 Å². The van der Waals surface area contributed by atoms with Crippen molar-refractivity contribution >= 4 is 6.09 Å². The van der Waals surface area contributed by atoms with Crippen LogP contribution >= 0.6 is 0 Å². The van der Waals surface area contributed by atoms with Crippen LogP contribution in [0.1, 0.15) is 27.7 Å². The van der Waals surface area contributed by atoms with Crippen LogP contribution in [0.4, 0.5) is 4.79 Å². The maximum Gasteiger partial charge on any atom is 0.410 e. The van der Waals surface area contributed by atoms with E-state index >= 15 is 0 Å². The van der Waals surface area contributed by atoms with Gasteiger partial charge in [-0.2, -0.15) is 0 Å². The van der Waals surface area contributed by atoms with Crippen LogP contribution in [0.3, 0.4) is 0 Å². The lowest BCUT2D eigenvalue weighted by Crippen LogP contribution is -2.52. The predicted molar refractivity (Wildman–Crippen MR) is 59.3 cm³/mol. The Morgan fingerprint density at radius 1 is 1.40 bits per heavy atom. The molecule has 0 aromatic carbocycles. The second kappa shape index (κ2) is 4.39. The van der Waals surface area contributed by atoms with Gasteiger partial charge in [-0.05, 0) is 27.7 Å². The smallest absolute Gasteiger partial charge is 0.410 e. The standard InChI is InChI=1S/C11H21N2O2/c1-9-8-13(7-6-12(9)5)10(14)15-11(2,3)4/h9H,5-8H2,1-4H3/t9-/m0/s1. The van der Waals surface area contributed by atoms with E-state index in [1.54, 1.807) is 4.90 Å². The Bertz CT molecular complexity index is 235. The van der Waals surface area contributed by atoms with Gasteiger partial charge in [0.15, 0.2) is 0 Å². The molecule has 87 valence electrons. The minimum absolute atomic E-state index is 0.220. The summed E-state index contributed by atoms with van der Waals surface area (Å²) in [5.41, 5.74) is -0.415. The third kappa shape index (κ3) is 3.70. The lowest BCUT2D eigenvalue weighted by molar-refractivity contribution is 0.0112. The van der Waals surface area contributed by atoms with Gasteiger partial charge in [-0.25, -0.2) is 4.79 Å². The minimum Gasteiger partial charge on any atom is -0.444 e. The van der Waals surface area contributed by atoms with Crippen molar-refractivity contribution in [2.75, 3.05) is 19.6 Å². The first-order valence-electron chi connectivity index (χ1n) is 5.34. The summed E-state index contributed by atoms with van der Waals surface area (Å²) in [6, 6.07) is 0.297. The summed E-state index contributed by atoms with van der Waals surface area (Å²) in [4.78, 5) is 15.5. The molecule has 0 N–H and O–H groups in total. The van der Waals surface area contributed by atoms with Gasteiger partial charge < -0.3 is 9.64 Å². The number of piperazine rings is 1. The van der Waals surface area contributed by atoms with Crippen molar-refractivity contribution < 1.29 is 9.53 Å². The lowest BCUT2D eigenvalue weighted by atomic mass is 10.2. The molecule has 4 nitrogen and oxygen atoms in total. The van der Waals surface area contributed by atoms with Gasteiger partial charge in [0, 0.05) is 32.7 Å². The number of carbonyl (C=O) groups is 1. The van der Waals surface area contributed by atoms with Crippen LogP contribution in [0.2, 0.25) is 0 Å². The average molecular weight is 213 g/mol. The molecule has 4 heteroatoms. The number of carbonyl (C=O) groups excluding carboxylic acids is 1. The fourth-order valence-electron chi connectivity index (χ4n) is 1.49. The molecule has 1 amide bonds. The molecule has 0 aromatic rings. The molecule has 1 aliphatic heterocycles. The molecule has 1 fully saturated rings. The van der Waals surface area contributed by atoms with E-state index < -0.39 is 5.60 Å². The van der Waals surface area contributed by atoms with Crippen LogP contribution in [-0.4, -0.2) is 47.2 Å².